The van der Waals surface area contributed by atoms with Crippen molar-refractivity contribution < 1.29 is 14.3 Å². The predicted molar refractivity (Wildman–Crippen MR) is 122 cm³/mol. The van der Waals surface area contributed by atoms with Crippen LogP contribution in [0.25, 0.3) is 6.08 Å². The average Bonchev–Trinajstić information content (AvgIpc) is 3.21. The summed E-state index contributed by atoms with van der Waals surface area (Å²) < 4.78 is 5.76. The van der Waals surface area contributed by atoms with Gasteiger partial charge in [-0.15, -0.1) is 11.3 Å². The molecule has 1 aliphatic heterocycles. The van der Waals surface area contributed by atoms with Crippen molar-refractivity contribution in [2.24, 2.45) is 5.73 Å². The van der Waals surface area contributed by atoms with Crippen LogP contribution in [0.1, 0.15) is 38.6 Å². The van der Waals surface area contributed by atoms with Crippen molar-refractivity contribution >= 4 is 34.9 Å². The molecule has 158 valence electrons. The number of nitrogens with two attached hydrogens (primary N) is 1. The van der Waals surface area contributed by atoms with Crippen molar-refractivity contribution in [3.05, 3.63) is 81.3 Å². The topological polar surface area (TPSA) is 85.5 Å². The number of ether oxygens (including phenoxy) is 1. The molecule has 0 atom stereocenters. The van der Waals surface area contributed by atoms with Crippen molar-refractivity contribution in [3.63, 3.8) is 0 Å². The maximum absolute atomic E-state index is 12.8. The number of nitrogens with zero attached hydrogens (tertiary/aromatic N) is 2. The molecule has 31 heavy (non-hydrogen) atoms. The molecule has 1 aromatic heterocycles. The molecule has 1 aliphatic rings. The normalized spacial score (nSPS) is 13.3. The van der Waals surface area contributed by atoms with Gasteiger partial charge in [0.2, 0.25) is 5.91 Å². The first-order valence-corrected chi connectivity index (χ1v) is 10.9. The Balaban J connectivity index is 1.42. The third kappa shape index (κ3) is 4.83. The fourth-order valence-corrected chi connectivity index (χ4v) is 4.25. The van der Waals surface area contributed by atoms with E-state index in [0.717, 1.165) is 46.1 Å². The molecule has 0 unspecified atom stereocenters. The fourth-order valence-electron chi connectivity index (χ4n) is 3.65. The number of hydrogen-bond acceptors (Lipinski definition) is 5. The first-order chi connectivity index (χ1) is 15.0. The molecule has 2 heterocycles. The smallest absolute Gasteiger partial charge is 0.250 e. The molecule has 2 amide bonds. The standard InChI is InChI=1S/C24H23N3O3S/c1-16-26-18(15-31-16)14-30-19-10-7-17(8-11-19)9-12-23(28)27-13-3-5-20-21(24(25)29)4-2-6-22(20)27/h2,4,6-12,15H,3,5,13-14H2,1H3,(H2,25,29)/b12-9+. The fraction of sp³-hybridized carbons (Fsp3) is 0.208. The van der Waals surface area contributed by atoms with Crippen LogP contribution in [0, 0.1) is 6.92 Å². The SMILES string of the molecule is Cc1nc(COc2ccc(/C=C/C(=O)N3CCCc4c(C(N)=O)cccc43)cc2)cs1. The zero-order valence-corrected chi connectivity index (χ0v) is 18.0. The quantitative estimate of drug-likeness (QED) is 0.593. The zero-order valence-electron chi connectivity index (χ0n) is 17.2. The summed E-state index contributed by atoms with van der Waals surface area (Å²) in [6.45, 7) is 3.01. The van der Waals surface area contributed by atoms with Gasteiger partial charge < -0.3 is 15.4 Å². The molecular weight excluding hydrogens is 410 g/mol. The van der Waals surface area contributed by atoms with Crippen molar-refractivity contribution in [2.45, 2.75) is 26.4 Å². The van der Waals surface area contributed by atoms with E-state index in [1.54, 1.807) is 40.5 Å². The van der Waals surface area contributed by atoms with Gasteiger partial charge in [0.15, 0.2) is 0 Å². The van der Waals surface area contributed by atoms with Crippen LogP contribution >= 0.6 is 11.3 Å². The number of aryl methyl sites for hydroxylation is 1. The molecule has 0 saturated carbocycles. The lowest BCUT2D eigenvalue weighted by Gasteiger charge is -2.29. The van der Waals surface area contributed by atoms with Gasteiger partial charge in [-0.25, -0.2) is 4.98 Å². The van der Waals surface area contributed by atoms with Gasteiger partial charge in [0, 0.05) is 29.3 Å². The Morgan fingerprint density at radius 2 is 2.03 bits per heavy atom. The van der Waals surface area contributed by atoms with Gasteiger partial charge in [0.25, 0.3) is 5.91 Å². The summed E-state index contributed by atoms with van der Waals surface area (Å²) in [5.74, 6) is 0.161. The Kier molecular flexibility index (Phi) is 6.13. The molecular formula is C24H23N3O3S. The highest BCUT2D eigenvalue weighted by Crippen LogP contribution is 2.30. The summed E-state index contributed by atoms with van der Waals surface area (Å²) in [6, 6.07) is 12.9. The van der Waals surface area contributed by atoms with Crippen LogP contribution in [-0.2, 0) is 17.8 Å². The van der Waals surface area contributed by atoms with Crippen molar-refractivity contribution in [3.8, 4) is 5.75 Å². The summed E-state index contributed by atoms with van der Waals surface area (Å²) in [5, 5.41) is 3.01. The number of carbonyl (C=O) groups excluding carboxylic acids is 2. The van der Waals surface area contributed by atoms with Crippen molar-refractivity contribution in [1.29, 1.82) is 0 Å². The van der Waals surface area contributed by atoms with Gasteiger partial charge >= 0.3 is 0 Å². The van der Waals surface area contributed by atoms with Crippen LogP contribution in [-0.4, -0.2) is 23.3 Å². The highest BCUT2D eigenvalue weighted by atomic mass is 32.1. The summed E-state index contributed by atoms with van der Waals surface area (Å²) in [6.07, 6.45) is 4.87. The van der Waals surface area contributed by atoms with E-state index in [4.69, 9.17) is 10.5 Å². The lowest BCUT2D eigenvalue weighted by Crippen LogP contribution is -2.35. The molecule has 0 radical (unpaired) electrons. The number of rotatable bonds is 6. The van der Waals surface area contributed by atoms with E-state index in [-0.39, 0.29) is 5.91 Å². The number of hydrogen-bond donors (Lipinski definition) is 1. The molecule has 2 aromatic carbocycles. The first kappa shape index (κ1) is 20.8. The Morgan fingerprint density at radius 3 is 2.74 bits per heavy atom. The zero-order chi connectivity index (χ0) is 21.8. The third-order valence-corrected chi connectivity index (χ3v) is 5.96. The second-order valence-electron chi connectivity index (χ2n) is 7.31. The third-order valence-electron chi connectivity index (χ3n) is 5.13. The van der Waals surface area contributed by atoms with Gasteiger partial charge in [0.05, 0.1) is 10.7 Å². The second kappa shape index (κ2) is 9.14. The number of aromatic nitrogens is 1. The number of carbonyl (C=O) groups is 2. The number of amides is 2. The molecule has 0 saturated heterocycles. The lowest BCUT2D eigenvalue weighted by atomic mass is 9.95. The maximum Gasteiger partial charge on any atom is 0.250 e. The Bertz CT molecular complexity index is 1140. The average molecular weight is 434 g/mol. The van der Waals surface area contributed by atoms with Gasteiger partial charge in [-0.2, -0.15) is 0 Å². The van der Waals surface area contributed by atoms with E-state index >= 15 is 0 Å². The van der Waals surface area contributed by atoms with E-state index < -0.39 is 5.91 Å². The molecule has 2 N–H and O–H groups in total. The van der Waals surface area contributed by atoms with Crippen LogP contribution in [0.4, 0.5) is 5.69 Å². The molecule has 0 aliphatic carbocycles. The molecule has 0 spiro atoms. The van der Waals surface area contributed by atoms with E-state index in [1.165, 1.54) is 0 Å². The van der Waals surface area contributed by atoms with Crippen LogP contribution in [0.15, 0.2) is 53.9 Å². The highest BCUT2D eigenvalue weighted by Gasteiger charge is 2.24. The largest absolute Gasteiger partial charge is 0.487 e. The maximum atomic E-state index is 12.8. The Labute approximate surface area is 185 Å². The summed E-state index contributed by atoms with van der Waals surface area (Å²) >= 11 is 1.60. The number of primary amides is 1. The molecule has 4 rings (SSSR count). The molecule has 3 aromatic rings. The minimum absolute atomic E-state index is 0.123. The minimum Gasteiger partial charge on any atom is -0.487 e. The number of anilines is 1. The molecule has 0 fully saturated rings. The van der Waals surface area contributed by atoms with E-state index in [0.29, 0.717) is 18.7 Å². The second-order valence-corrected chi connectivity index (χ2v) is 8.37. The predicted octanol–water partition coefficient (Wildman–Crippen LogP) is 4.12. The monoisotopic (exact) mass is 433 g/mol. The number of thiazole rings is 1. The summed E-state index contributed by atoms with van der Waals surface area (Å²) in [4.78, 5) is 30.6. The Hall–Kier alpha value is -3.45. The lowest BCUT2D eigenvalue weighted by molar-refractivity contribution is -0.114. The van der Waals surface area contributed by atoms with Gasteiger partial charge in [-0.3, -0.25) is 9.59 Å². The first-order valence-electron chi connectivity index (χ1n) is 10.1. The van der Waals surface area contributed by atoms with Gasteiger partial charge in [-0.1, -0.05) is 18.2 Å². The van der Waals surface area contributed by atoms with Gasteiger partial charge in [-0.05, 0) is 61.2 Å². The molecule has 0 bridgehead atoms. The van der Waals surface area contributed by atoms with Gasteiger partial charge in [0.1, 0.15) is 12.4 Å². The summed E-state index contributed by atoms with van der Waals surface area (Å²) in [5.41, 5.74) is 9.40. The Morgan fingerprint density at radius 1 is 1.23 bits per heavy atom. The van der Waals surface area contributed by atoms with Crippen molar-refractivity contribution in [1.82, 2.24) is 4.98 Å². The van der Waals surface area contributed by atoms with Crippen LogP contribution in [0.5, 0.6) is 5.75 Å². The number of fused-ring (bicyclic) bond motifs is 1. The number of benzene rings is 2. The van der Waals surface area contributed by atoms with E-state index in [1.807, 2.05) is 42.6 Å². The van der Waals surface area contributed by atoms with E-state index in [9.17, 15) is 9.59 Å². The molecule has 7 heteroatoms. The van der Waals surface area contributed by atoms with Crippen LogP contribution in [0.3, 0.4) is 0 Å². The highest BCUT2D eigenvalue weighted by molar-refractivity contribution is 7.09. The van der Waals surface area contributed by atoms with E-state index in [2.05, 4.69) is 4.98 Å². The minimum atomic E-state index is -0.464. The molecule has 6 nitrogen and oxygen atoms in total. The van der Waals surface area contributed by atoms with Crippen LogP contribution in [0.2, 0.25) is 0 Å². The van der Waals surface area contributed by atoms with Crippen molar-refractivity contribution in [2.75, 3.05) is 11.4 Å². The van der Waals surface area contributed by atoms with Crippen LogP contribution < -0.4 is 15.4 Å². The summed E-state index contributed by atoms with van der Waals surface area (Å²) in [7, 11) is 0.